The first-order chi connectivity index (χ1) is 12.9. The van der Waals surface area contributed by atoms with Gasteiger partial charge >= 0.3 is 0 Å². The third kappa shape index (κ3) is 3.92. The lowest BCUT2D eigenvalue weighted by atomic mass is 9.95. The number of sulfonamides is 1. The van der Waals surface area contributed by atoms with Crippen molar-refractivity contribution in [3.8, 4) is 0 Å². The Morgan fingerprint density at radius 3 is 2.67 bits per heavy atom. The maximum atomic E-state index is 12.9. The van der Waals surface area contributed by atoms with Crippen LogP contribution in [-0.2, 0) is 21.4 Å². The first-order valence-electron chi connectivity index (χ1n) is 9.09. The van der Waals surface area contributed by atoms with Crippen molar-refractivity contribution in [2.75, 3.05) is 18.8 Å². The van der Waals surface area contributed by atoms with Crippen LogP contribution < -0.4 is 0 Å². The number of aryl methyl sites for hydroxylation is 2. The van der Waals surface area contributed by atoms with Crippen molar-refractivity contribution >= 4 is 21.8 Å². The lowest BCUT2D eigenvalue weighted by Gasteiger charge is -2.46. The van der Waals surface area contributed by atoms with Crippen LogP contribution in [0.25, 0.3) is 0 Å². The Kier molecular flexibility index (Phi) is 5.05. The highest BCUT2D eigenvalue weighted by molar-refractivity contribution is 8.01. The van der Waals surface area contributed by atoms with E-state index in [1.807, 2.05) is 50.0 Å². The summed E-state index contributed by atoms with van der Waals surface area (Å²) >= 11 is 1.85. The minimum absolute atomic E-state index is 0.00550. The highest BCUT2D eigenvalue weighted by Gasteiger charge is 2.53. The number of nitrogens with zero attached hydrogens (tertiary/aromatic N) is 2. The van der Waals surface area contributed by atoms with Crippen molar-refractivity contribution in [2.45, 2.75) is 42.6 Å². The maximum Gasteiger partial charge on any atom is 0.243 e. The van der Waals surface area contributed by atoms with Crippen molar-refractivity contribution in [1.82, 2.24) is 9.29 Å². The molecule has 2 saturated heterocycles. The molecule has 5 nitrogen and oxygen atoms in total. The van der Waals surface area contributed by atoms with Gasteiger partial charge in [-0.3, -0.25) is 4.98 Å². The molecule has 0 amide bonds. The standard InChI is InChI=1S/C20H24N2O3S2/c1-15-6-16(2)8-19(7-15)27(23,24)22-13-20(14-22)9-18(12-26-20)25-11-17-4-3-5-21-10-17/h3-8,10,18H,9,11-14H2,1-2H3/t18-/m0/s1. The largest absolute Gasteiger partial charge is 0.373 e. The van der Waals surface area contributed by atoms with Crippen LogP contribution in [0.5, 0.6) is 0 Å². The van der Waals surface area contributed by atoms with E-state index in [1.54, 1.807) is 22.6 Å². The number of benzene rings is 1. The zero-order chi connectivity index (χ0) is 19.1. The second-order valence-corrected chi connectivity index (χ2v) is 11.0. The Labute approximate surface area is 165 Å². The minimum atomic E-state index is -3.41. The highest BCUT2D eigenvalue weighted by atomic mass is 32.2. The summed E-state index contributed by atoms with van der Waals surface area (Å²) in [6.07, 6.45) is 4.64. The van der Waals surface area contributed by atoms with Crippen LogP contribution in [0.3, 0.4) is 0 Å². The minimum Gasteiger partial charge on any atom is -0.373 e. The first-order valence-corrected chi connectivity index (χ1v) is 11.5. The molecule has 1 aromatic heterocycles. The van der Waals surface area contributed by atoms with Gasteiger partial charge in [0, 0.05) is 36.0 Å². The topological polar surface area (TPSA) is 59.5 Å². The third-order valence-corrected chi connectivity index (χ3v) is 8.49. The average Bonchev–Trinajstić information content (AvgIpc) is 3.04. The Morgan fingerprint density at radius 1 is 1.26 bits per heavy atom. The molecule has 4 rings (SSSR count). The van der Waals surface area contributed by atoms with Crippen molar-refractivity contribution in [2.24, 2.45) is 0 Å². The molecule has 0 saturated carbocycles. The molecule has 2 aromatic rings. The number of hydrogen-bond acceptors (Lipinski definition) is 5. The predicted molar refractivity (Wildman–Crippen MR) is 107 cm³/mol. The van der Waals surface area contributed by atoms with Gasteiger partial charge < -0.3 is 4.74 Å². The average molecular weight is 405 g/mol. The highest BCUT2D eigenvalue weighted by Crippen LogP contribution is 2.47. The van der Waals surface area contributed by atoms with E-state index in [1.165, 1.54) is 0 Å². The Hall–Kier alpha value is -1.41. The molecule has 0 unspecified atom stereocenters. The van der Waals surface area contributed by atoms with Crippen molar-refractivity contribution in [3.63, 3.8) is 0 Å². The normalized spacial score (nSPS) is 22.1. The van der Waals surface area contributed by atoms with E-state index in [-0.39, 0.29) is 10.9 Å². The summed E-state index contributed by atoms with van der Waals surface area (Å²) in [6.45, 7) is 5.56. The molecule has 2 aliphatic heterocycles. The van der Waals surface area contributed by atoms with Gasteiger partial charge in [-0.25, -0.2) is 8.42 Å². The fourth-order valence-corrected chi connectivity index (χ4v) is 7.34. The molecule has 144 valence electrons. The van der Waals surface area contributed by atoms with Gasteiger partial charge in [-0.2, -0.15) is 4.31 Å². The number of ether oxygens (including phenoxy) is 1. The fraction of sp³-hybridized carbons (Fsp3) is 0.450. The van der Waals surface area contributed by atoms with Crippen molar-refractivity contribution in [3.05, 3.63) is 59.4 Å². The smallest absolute Gasteiger partial charge is 0.243 e. The molecule has 2 aliphatic rings. The first kappa shape index (κ1) is 18.9. The van der Waals surface area contributed by atoms with E-state index >= 15 is 0 Å². The number of rotatable bonds is 5. The van der Waals surface area contributed by atoms with Gasteiger partial charge in [0.25, 0.3) is 0 Å². The molecule has 0 N–H and O–H groups in total. The van der Waals surface area contributed by atoms with Gasteiger partial charge in [-0.05, 0) is 55.2 Å². The van der Waals surface area contributed by atoms with Gasteiger partial charge in [0.05, 0.1) is 17.6 Å². The second-order valence-electron chi connectivity index (χ2n) is 7.59. The zero-order valence-corrected chi connectivity index (χ0v) is 17.2. The van der Waals surface area contributed by atoms with Crippen LogP contribution >= 0.6 is 11.8 Å². The van der Waals surface area contributed by atoms with E-state index in [0.717, 1.165) is 28.9 Å². The predicted octanol–water partition coefficient (Wildman–Crippen LogP) is 3.16. The summed E-state index contributed by atoms with van der Waals surface area (Å²) in [5, 5.41) is 0. The van der Waals surface area contributed by atoms with Crippen LogP contribution in [0.1, 0.15) is 23.1 Å². The Bertz CT molecular complexity index is 905. The molecule has 1 spiro atoms. The van der Waals surface area contributed by atoms with E-state index in [2.05, 4.69) is 4.98 Å². The van der Waals surface area contributed by atoms with Crippen molar-refractivity contribution in [1.29, 1.82) is 0 Å². The van der Waals surface area contributed by atoms with Crippen LogP contribution in [-0.4, -0.2) is 47.4 Å². The van der Waals surface area contributed by atoms with Gasteiger partial charge in [-0.1, -0.05) is 12.1 Å². The SMILES string of the molecule is Cc1cc(C)cc(S(=O)(=O)N2CC3(C[C@H](OCc4cccnc4)CS3)C2)c1. The number of hydrogen-bond donors (Lipinski definition) is 0. The molecule has 7 heteroatoms. The summed E-state index contributed by atoms with van der Waals surface area (Å²) in [4.78, 5) is 4.51. The molecule has 27 heavy (non-hydrogen) atoms. The molecule has 2 fully saturated rings. The summed E-state index contributed by atoms with van der Waals surface area (Å²) in [7, 11) is -3.41. The quantitative estimate of drug-likeness (QED) is 0.766. The molecular weight excluding hydrogens is 380 g/mol. The number of pyridine rings is 1. The molecular formula is C20H24N2O3S2. The molecule has 3 heterocycles. The summed E-state index contributed by atoms with van der Waals surface area (Å²) in [5.74, 6) is 0.914. The zero-order valence-electron chi connectivity index (χ0n) is 15.6. The molecule has 0 aliphatic carbocycles. The van der Waals surface area contributed by atoms with Gasteiger partial charge in [0.1, 0.15) is 0 Å². The summed E-state index contributed by atoms with van der Waals surface area (Å²) in [5.41, 5.74) is 3.02. The lowest BCUT2D eigenvalue weighted by Crippen LogP contribution is -2.60. The summed E-state index contributed by atoms with van der Waals surface area (Å²) in [6, 6.07) is 9.43. The fourth-order valence-electron chi connectivity index (χ4n) is 3.82. The lowest BCUT2D eigenvalue weighted by molar-refractivity contribution is 0.0396. The molecule has 0 bridgehead atoms. The van der Waals surface area contributed by atoms with Gasteiger partial charge in [-0.15, -0.1) is 11.8 Å². The van der Waals surface area contributed by atoms with Crippen LogP contribution in [0.4, 0.5) is 0 Å². The maximum absolute atomic E-state index is 12.9. The summed E-state index contributed by atoms with van der Waals surface area (Å²) < 4.78 is 33.5. The third-order valence-electron chi connectivity index (χ3n) is 5.15. The number of aromatic nitrogens is 1. The molecule has 1 atom stereocenters. The van der Waals surface area contributed by atoms with Crippen LogP contribution in [0, 0.1) is 13.8 Å². The van der Waals surface area contributed by atoms with Crippen molar-refractivity contribution < 1.29 is 13.2 Å². The number of thioether (sulfide) groups is 1. The van der Waals surface area contributed by atoms with Crippen LogP contribution in [0.2, 0.25) is 0 Å². The molecule has 1 aromatic carbocycles. The van der Waals surface area contributed by atoms with E-state index in [0.29, 0.717) is 24.6 Å². The van der Waals surface area contributed by atoms with E-state index in [4.69, 9.17) is 4.74 Å². The van der Waals surface area contributed by atoms with Gasteiger partial charge in [0.2, 0.25) is 10.0 Å². The second kappa shape index (κ2) is 7.20. The molecule has 0 radical (unpaired) electrons. The monoisotopic (exact) mass is 404 g/mol. The van der Waals surface area contributed by atoms with Gasteiger partial charge in [0.15, 0.2) is 0 Å². The van der Waals surface area contributed by atoms with Crippen LogP contribution in [0.15, 0.2) is 47.6 Å². The van der Waals surface area contributed by atoms with E-state index < -0.39 is 10.0 Å². The van der Waals surface area contributed by atoms with E-state index in [9.17, 15) is 8.42 Å². The Morgan fingerprint density at radius 2 is 2.00 bits per heavy atom. The Balaban J connectivity index is 1.36.